The summed E-state index contributed by atoms with van der Waals surface area (Å²) in [7, 11) is 1.96. The van der Waals surface area contributed by atoms with Gasteiger partial charge in [0.1, 0.15) is 17.9 Å². The standard InChI is InChI=1S/C25H29ClN2O5.ClH/c1-28(14-17-33-21-8-6-20(26)7-9-21)25(12-15-32-16-13-25)23(31)27-24(10-11-24)19-4-2-18(3-5-19)22(29)30;/h2-9H,10-17H2,1H3,(H,27,31)(H,29,30);1H. The Balaban J connectivity index is 0.00000324. The number of amides is 1. The fourth-order valence-electron chi connectivity index (χ4n) is 4.41. The lowest BCUT2D eigenvalue weighted by Gasteiger charge is -2.43. The third-order valence-corrected chi connectivity index (χ3v) is 7.02. The minimum absolute atomic E-state index is 0. The Labute approximate surface area is 210 Å². The van der Waals surface area contributed by atoms with Crippen molar-refractivity contribution in [2.75, 3.05) is 33.4 Å². The number of ether oxygens (including phenoxy) is 2. The molecule has 1 saturated heterocycles. The predicted octanol–water partition coefficient (Wildman–Crippen LogP) is 4.13. The summed E-state index contributed by atoms with van der Waals surface area (Å²) in [6.07, 6.45) is 2.87. The Morgan fingerprint density at radius 2 is 1.68 bits per heavy atom. The molecule has 184 valence electrons. The second kappa shape index (κ2) is 11.0. The van der Waals surface area contributed by atoms with E-state index in [1.807, 2.05) is 19.2 Å². The van der Waals surface area contributed by atoms with Crippen LogP contribution in [0.4, 0.5) is 0 Å². The Bertz CT molecular complexity index is 987. The number of carbonyl (C=O) groups excluding carboxylic acids is 1. The summed E-state index contributed by atoms with van der Waals surface area (Å²) >= 11 is 5.93. The van der Waals surface area contributed by atoms with Crippen LogP contribution in [0.2, 0.25) is 5.02 Å². The lowest BCUT2D eigenvalue weighted by molar-refractivity contribution is -0.140. The summed E-state index contributed by atoms with van der Waals surface area (Å²) in [6.45, 7) is 2.07. The molecule has 9 heteroatoms. The van der Waals surface area contributed by atoms with Gasteiger partial charge in [0, 0.05) is 24.8 Å². The van der Waals surface area contributed by atoms with E-state index in [0.717, 1.165) is 24.2 Å². The van der Waals surface area contributed by atoms with Gasteiger partial charge in [-0.3, -0.25) is 9.69 Å². The molecule has 4 rings (SSSR count). The first-order valence-electron chi connectivity index (χ1n) is 11.2. The van der Waals surface area contributed by atoms with Crippen molar-refractivity contribution >= 4 is 35.9 Å². The average Bonchev–Trinajstić information content (AvgIpc) is 3.61. The zero-order chi connectivity index (χ0) is 23.5. The van der Waals surface area contributed by atoms with Gasteiger partial charge < -0.3 is 19.9 Å². The molecule has 2 aromatic rings. The monoisotopic (exact) mass is 508 g/mol. The number of carboxylic acid groups (broad SMARTS) is 1. The highest BCUT2D eigenvalue weighted by Crippen LogP contribution is 2.46. The van der Waals surface area contributed by atoms with Crippen LogP contribution in [0.15, 0.2) is 48.5 Å². The third-order valence-electron chi connectivity index (χ3n) is 6.77. The molecular weight excluding hydrogens is 479 g/mol. The highest BCUT2D eigenvalue weighted by atomic mass is 35.5. The normalized spacial score (nSPS) is 18.0. The summed E-state index contributed by atoms with van der Waals surface area (Å²) in [4.78, 5) is 26.9. The van der Waals surface area contributed by atoms with Crippen molar-refractivity contribution in [2.45, 2.75) is 36.8 Å². The van der Waals surface area contributed by atoms with Gasteiger partial charge in [-0.1, -0.05) is 23.7 Å². The maximum atomic E-state index is 13.7. The van der Waals surface area contributed by atoms with Crippen molar-refractivity contribution in [3.05, 3.63) is 64.7 Å². The fourth-order valence-corrected chi connectivity index (χ4v) is 4.54. The van der Waals surface area contributed by atoms with Crippen molar-refractivity contribution in [3.8, 4) is 5.75 Å². The molecule has 2 aliphatic rings. The maximum absolute atomic E-state index is 13.7. The molecule has 1 aliphatic heterocycles. The van der Waals surface area contributed by atoms with Crippen LogP contribution in [0.3, 0.4) is 0 Å². The first-order chi connectivity index (χ1) is 15.8. The number of carbonyl (C=O) groups is 2. The van der Waals surface area contributed by atoms with Gasteiger partial charge in [-0.05, 0) is 74.7 Å². The number of nitrogens with one attached hydrogen (secondary N) is 1. The number of carboxylic acids is 1. The lowest BCUT2D eigenvalue weighted by Crippen LogP contribution is -2.62. The Hall–Kier alpha value is -2.32. The van der Waals surface area contributed by atoms with E-state index in [1.54, 1.807) is 36.4 Å². The zero-order valence-corrected chi connectivity index (χ0v) is 20.7. The number of halogens is 2. The van der Waals surface area contributed by atoms with Gasteiger partial charge in [-0.2, -0.15) is 0 Å². The second-order valence-electron chi connectivity index (χ2n) is 8.79. The van der Waals surface area contributed by atoms with Gasteiger partial charge in [0.05, 0.1) is 11.1 Å². The third kappa shape index (κ3) is 5.66. The molecular formula is C25H30Cl2N2O5. The molecule has 1 aliphatic carbocycles. The lowest BCUT2D eigenvalue weighted by atomic mass is 9.86. The number of aromatic carboxylic acids is 1. The van der Waals surface area contributed by atoms with E-state index < -0.39 is 17.0 Å². The number of benzene rings is 2. The van der Waals surface area contributed by atoms with E-state index in [4.69, 9.17) is 26.2 Å². The fraction of sp³-hybridized carbons (Fsp3) is 0.440. The van der Waals surface area contributed by atoms with E-state index in [2.05, 4.69) is 10.2 Å². The van der Waals surface area contributed by atoms with E-state index >= 15 is 0 Å². The number of likely N-dealkylation sites (N-methyl/N-ethyl adjacent to an activating group) is 1. The number of rotatable bonds is 9. The van der Waals surface area contributed by atoms with Crippen molar-refractivity contribution in [1.82, 2.24) is 10.2 Å². The Kier molecular flexibility index (Phi) is 8.47. The largest absolute Gasteiger partial charge is 0.492 e. The van der Waals surface area contributed by atoms with E-state index in [9.17, 15) is 9.59 Å². The molecule has 0 spiro atoms. The van der Waals surface area contributed by atoms with Crippen LogP contribution in [-0.4, -0.2) is 60.8 Å². The van der Waals surface area contributed by atoms with E-state index in [1.165, 1.54) is 0 Å². The van der Waals surface area contributed by atoms with Crippen LogP contribution in [0.1, 0.15) is 41.6 Å². The maximum Gasteiger partial charge on any atom is 0.335 e. The zero-order valence-electron chi connectivity index (χ0n) is 19.1. The Morgan fingerprint density at radius 1 is 1.06 bits per heavy atom. The van der Waals surface area contributed by atoms with Crippen LogP contribution < -0.4 is 10.1 Å². The van der Waals surface area contributed by atoms with Crippen molar-refractivity contribution in [3.63, 3.8) is 0 Å². The molecule has 0 atom stereocenters. The van der Waals surface area contributed by atoms with E-state index in [0.29, 0.717) is 44.2 Å². The van der Waals surface area contributed by atoms with Crippen LogP contribution in [-0.2, 0) is 15.1 Å². The summed E-state index contributed by atoms with van der Waals surface area (Å²) in [5.74, 6) is -0.237. The summed E-state index contributed by atoms with van der Waals surface area (Å²) in [5.41, 5.74) is 0.0668. The van der Waals surface area contributed by atoms with Crippen LogP contribution in [0.25, 0.3) is 0 Å². The van der Waals surface area contributed by atoms with Gasteiger partial charge in [-0.15, -0.1) is 12.4 Å². The number of hydrogen-bond donors (Lipinski definition) is 2. The van der Waals surface area contributed by atoms with Gasteiger partial charge >= 0.3 is 5.97 Å². The van der Waals surface area contributed by atoms with Gasteiger partial charge in [0.15, 0.2) is 0 Å². The molecule has 0 bridgehead atoms. The molecule has 0 radical (unpaired) electrons. The van der Waals surface area contributed by atoms with Gasteiger partial charge in [0.25, 0.3) is 0 Å². The first kappa shape index (κ1) is 26.3. The molecule has 1 saturated carbocycles. The minimum atomic E-state index is -0.959. The smallest absolute Gasteiger partial charge is 0.335 e. The highest BCUT2D eigenvalue weighted by Gasteiger charge is 2.51. The molecule has 34 heavy (non-hydrogen) atoms. The Morgan fingerprint density at radius 3 is 2.24 bits per heavy atom. The summed E-state index contributed by atoms with van der Waals surface area (Å²) in [6, 6.07) is 14.0. The van der Waals surface area contributed by atoms with Gasteiger partial charge in [0.2, 0.25) is 5.91 Å². The number of hydrogen-bond acceptors (Lipinski definition) is 5. The molecule has 2 fully saturated rings. The first-order valence-corrected chi connectivity index (χ1v) is 11.6. The minimum Gasteiger partial charge on any atom is -0.492 e. The predicted molar refractivity (Wildman–Crippen MR) is 132 cm³/mol. The summed E-state index contributed by atoms with van der Waals surface area (Å²) < 4.78 is 11.4. The molecule has 0 aromatic heterocycles. The topological polar surface area (TPSA) is 88.1 Å². The molecule has 1 heterocycles. The molecule has 2 aromatic carbocycles. The quantitative estimate of drug-likeness (QED) is 0.529. The molecule has 7 nitrogen and oxygen atoms in total. The highest BCUT2D eigenvalue weighted by molar-refractivity contribution is 6.30. The van der Waals surface area contributed by atoms with Gasteiger partial charge in [-0.25, -0.2) is 4.79 Å². The number of nitrogens with zero attached hydrogens (tertiary/aromatic N) is 1. The molecule has 1 amide bonds. The van der Waals surface area contributed by atoms with Crippen LogP contribution in [0.5, 0.6) is 5.75 Å². The second-order valence-corrected chi connectivity index (χ2v) is 9.22. The molecule has 0 unspecified atom stereocenters. The molecule has 2 N–H and O–H groups in total. The van der Waals surface area contributed by atoms with Crippen molar-refractivity contribution in [1.29, 1.82) is 0 Å². The SMILES string of the molecule is CN(CCOc1ccc(Cl)cc1)C1(C(=O)NC2(c3ccc(C(=O)O)cc3)CC2)CCOCC1.Cl. The summed E-state index contributed by atoms with van der Waals surface area (Å²) in [5, 5.41) is 13.1. The van der Waals surface area contributed by atoms with Crippen LogP contribution in [0, 0.1) is 0 Å². The average molecular weight is 509 g/mol. The van der Waals surface area contributed by atoms with E-state index in [-0.39, 0.29) is 23.9 Å². The van der Waals surface area contributed by atoms with Crippen molar-refractivity contribution in [2.24, 2.45) is 0 Å². The van der Waals surface area contributed by atoms with Crippen molar-refractivity contribution < 1.29 is 24.2 Å². The van der Waals surface area contributed by atoms with Crippen LogP contribution >= 0.6 is 24.0 Å².